The lowest BCUT2D eigenvalue weighted by Crippen LogP contribution is -1.90. The summed E-state index contributed by atoms with van der Waals surface area (Å²) in [5, 5.41) is 10.5. The Morgan fingerprint density at radius 3 is 2.57 bits per heavy atom. The summed E-state index contributed by atoms with van der Waals surface area (Å²) >= 11 is 11.7. The summed E-state index contributed by atoms with van der Waals surface area (Å²) < 4.78 is 0. The summed E-state index contributed by atoms with van der Waals surface area (Å²) in [5.74, 6) is 0.220. The molecule has 76 valence electrons. The van der Waals surface area contributed by atoms with Gasteiger partial charge in [-0.25, -0.2) is 0 Å². The lowest BCUT2D eigenvalue weighted by Gasteiger charge is -2.10. The van der Waals surface area contributed by atoms with Crippen molar-refractivity contribution in [1.29, 1.82) is 0 Å². The third kappa shape index (κ3) is 2.43. The van der Waals surface area contributed by atoms with Gasteiger partial charge in [0.2, 0.25) is 0 Å². The molecule has 0 aromatic heterocycles. The summed E-state index contributed by atoms with van der Waals surface area (Å²) in [6.45, 7) is 3.90. The molecule has 1 nitrogen and oxygen atoms in total. The van der Waals surface area contributed by atoms with Crippen LogP contribution in [0.25, 0.3) is 0 Å². The topological polar surface area (TPSA) is 20.2 Å². The zero-order valence-corrected chi connectivity index (χ0v) is 9.60. The summed E-state index contributed by atoms with van der Waals surface area (Å²) in [4.78, 5) is 0. The van der Waals surface area contributed by atoms with Crippen LogP contribution in [-0.4, -0.2) is 5.11 Å². The van der Waals surface area contributed by atoms with Gasteiger partial charge in [-0.2, -0.15) is 0 Å². The lowest BCUT2D eigenvalue weighted by molar-refractivity contribution is 0.467. The van der Waals surface area contributed by atoms with Gasteiger partial charge in [-0.1, -0.05) is 42.3 Å². The van der Waals surface area contributed by atoms with Gasteiger partial charge in [0.15, 0.2) is 0 Å². The predicted molar refractivity (Wildman–Crippen MR) is 61.4 cm³/mol. The fourth-order valence-corrected chi connectivity index (χ4v) is 1.83. The Bertz CT molecular complexity index is 359. The zero-order chi connectivity index (χ0) is 10.7. The molecular formula is C11H12Cl2O. The molecule has 3 heteroatoms. The number of aromatic hydroxyl groups is 1. The van der Waals surface area contributed by atoms with Crippen molar-refractivity contribution in [3.05, 3.63) is 39.9 Å². The minimum Gasteiger partial charge on any atom is -0.506 e. The van der Waals surface area contributed by atoms with Gasteiger partial charge in [-0.05, 0) is 19.1 Å². The van der Waals surface area contributed by atoms with Crippen molar-refractivity contribution in [3.8, 4) is 5.75 Å². The van der Waals surface area contributed by atoms with Gasteiger partial charge in [0.1, 0.15) is 5.75 Å². The summed E-state index contributed by atoms with van der Waals surface area (Å²) in [6.07, 6.45) is 3.90. The quantitative estimate of drug-likeness (QED) is 0.749. The third-order valence-electron chi connectivity index (χ3n) is 2.03. The van der Waals surface area contributed by atoms with Gasteiger partial charge >= 0.3 is 0 Å². The Balaban J connectivity index is 3.19. The van der Waals surface area contributed by atoms with Gasteiger partial charge < -0.3 is 5.11 Å². The highest BCUT2D eigenvalue weighted by atomic mass is 35.5. The molecule has 0 bridgehead atoms. The molecule has 0 fully saturated rings. The van der Waals surface area contributed by atoms with Crippen molar-refractivity contribution in [2.24, 2.45) is 0 Å². The van der Waals surface area contributed by atoms with E-state index in [9.17, 15) is 5.11 Å². The van der Waals surface area contributed by atoms with Gasteiger partial charge in [0.25, 0.3) is 0 Å². The van der Waals surface area contributed by atoms with Crippen molar-refractivity contribution in [2.45, 2.75) is 19.8 Å². The maximum absolute atomic E-state index is 9.69. The van der Waals surface area contributed by atoms with Crippen LogP contribution in [0, 0.1) is 0 Å². The van der Waals surface area contributed by atoms with Crippen LogP contribution >= 0.6 is 23.2 Å². The van der Waals surface area contributed by atoms with Gasteiger partial charge in [0, 0.05) is 16.5 Å². The van der Waals surface area contributed by atoms with Gasteiger partial charge in [-0.15, -0.1) is 0 Å². The van der Waals surface area contributed by atoms with Crippen LogP contribution < -0.4 is 0 Å². The first-order chi connectivity index (χ1) is 6.56. The molecule has 0 saturated carbocycles. The Labute approximate surface area is 94.0 Å². The molecule has 0 aliphatic heterocycles. The van der Waals surface area contributed by atoms with E-state index in [-0.39, 0.29) is 11.7 Å². The monoisotopic (exact) mass is 230 g/mol. The predicted octanol–water partition coefficient (Wildman–Crippen LogP) is 4.38. The summed E-state index contributed by atoms with van der Waals surface area (Å²) in [7, 11) is 0. The molecule has 1 aromatic rings. The maximum atomic E-state index is 9.69. The highest BCUT2D eigenvalue weighted by molar-refractivity contribution is 6.35. The number of phenolic OH excluding ortho intramolecular Hbond substituents is 1. The minimum atomic E-state index is 0.108. The van der Waals surface area contributed by atoms with E-state index in [1.165, 1.54) is 6.07 Å². The molecule has 1 N–H and O–H groups in total. The number of benzene rings is 1. The second kappa shape index (κ2) is 4.72. The number of rotatable bonds is 2. The van der Waals surface area contributed by atoms with E-state index in [2.05, 4.69) is 0 Å². The Morgan fingerprint density at radius 2 is 2.00 bits per heavy atom. The second-order valence-electron chi connectivity index (χ2n) is 3.14. The fourth-order valence-electron chi connectivity index (χ4n) is 1.33. The minimum absolute atomic E-state index is 0.108. The zero-order valence-electron chi connectivity index (χ0n) is 8.09. The summed E-state index contributed by atoms with van der Waals surface area (Å²) in [5.41, 5.74) is 0.751. The largest absolute Gasteiger partial charge is 0.506 e. The van der Waals surface area contributed by atoms with Crippen LogP contribution in [0.2, 0.25) is 10.0 Å². The van der Waals surface area contributed by atoms with Crippen molar-refractivity contribution >= 4 is 23.2 Å². The van der Waals surface area contributed by atoms with Gasteiger partial charge in [0.05, 0.1) is 5.02 Å². The van der Waals surface area contributed by atoms with Crippen LogP contribution in [0.4, 0.5) is 0 Å². The SMILES string of the molecule is C/C=C/C(C)c1cc(Cl)cc(Cl)c1O. The van der Waals surface area contributed by atoms with Crippen LogP contribution in [0.5, 0.6) is 5.75 Å². The first kappa shape index (κ1) is 11.4. The van der Waals surface area contributed by atoms with Crippen molar-refractivity contribution < 1.29 is 5.11 Å². The molecule has 0 aliphatic rings. The molecule has 0 radical (unpaired) electrons. The maximum Gasteiger partial charge on any atom is 0.138 e. The number of phenols is 1. The lowest BCUT2D eigenvalue weighted by atomic mass is 10.00. The smallest absolute Gasteiger partial charge is 0.138 e. The molecule has 1 atom stereocenters. The Kier molecular flexibility index (Phi) is 3.85. The first-order valence-corrected chi connectivity index (χ1v) is 5.12. The summed E-state index contributed by atoms with van der Waals surface area (Å²) in [6, 6.07) is 3.26. The second-order valence-corrected chi connectivity index (χ2v) is 3.98. The molecule has 14 heavy (non-hydrogen) atoms. The highest BCUT2D eigenvalue weighted by Gasteiger charge is 2.11. The molecule has 1 unspecified atom stereocenters. The molecule has 0 aliphatic carbocycles. The Hall–Kier alpha value is -0.660. The molecule has 0 heterocycles. The van der Waals surface area contributed by atoms with Crippen molar-refractivity contribution in [3.63, 3.8) is 0 Å². The molecule has 0 spiro atoms. The number of hydrogen-bond donors (Lipinski definition) is 1. The molecular weight excluding hydrogens is 219 g/mol. The van der Waals surface area contributed by atoms with Crippen molar-refractivity contribution in [1.82, 2.24) is 0 Å². The first-order valence-electron chi connectivity index (χ1n) is 4.37. The third-order valence-corrected chi connectivity index (χ3v) is 2.54. The Morgan fingerprint density at radius 1 is 1.36 bits per heavy atom. The van der Waals surface area contributed by atoms with E-state index in [1.807, 2.05) is 26.0 Å². The molecule has 0 saturated heterocycles. The van der Waals surface area contributed by atoms with Crippen LogP contribution in [0.15, 0.2) is 24.3 Å². The molecule has 1 aromatic carbocycles. The number of hydrogen-bond acceptors (Lipinski definition) is 1. The van der Waals surface area contributed by atoms with E-state index in [1.54, 1.807) is 6.07 Å². The van der Waals surface area contributed by atoms with E-state index in [0.717, 1.165) is 5.56 Å². The molecule has 1 rings (SSSR count). The molecule has 0 amide bonds. The van der Waals surface area contributed by atoms with Crippen molar-refractivity contribution in [2.75, 3.05) is 0 Å². The standard InChI is InChI=1S/C11H12Cl2O/c1-3-4-7(2)9-5-8(12)6-10(13)11(9)14/h3-7,14H,1-2H3/b4-3+. The normalized spacial score (nSPS) is 13.4. The van der Waals surface area contributed by atoms with E-state index < -0.39 is 0 Å². The fraction of sp³-hybridized carbons (Fsp3) is 0.273. The van der Waals surface area contributed by atoms with E-state index in [0.29, 0.717) is 10.0 Å². The number of halogens is 2. The van der Waals surface area contributed by atoms with E-state index >= 15 is 0 Å². The average molecular weight is 231 g/mol. The highest BCUT2D eigenvalue weighted by Crippen LogP contribution is 2.35. The average Bonchev–Trinajstić information content (AvgIpc) is 2.11. The number of allylic oxidation sites excluding steroid dienone is 2. The van der Waals surface area contributed by atoms with Gasteiger partial charge in [-0.3, -0.25) is 0 Å². The van der Waals surface area contributed by atoms with E-state index in [4.69, 9.17) is 23.2 Å². The van der Waals surface area contributed by atoms with Crippen LogP contribution in [0.3, 0.4) is 0 Å². The van der Waals surface area contributed by atoms with Crippen LogP contribution in [0.1, 0.15) is 25.3 Å². The van der Waals surface area contributed by atoms with Crippen LogP contribution in [-0.2, 0) is 0 Å².